The topological polar surface area (TPSA) is 66.5 Å². The van der Waals surface area contributed by atoms with Gasteiger partial charge in [-0.25, -0.2) is 4.39 Å². The molecule has 0 aliphatic carbocycles. The minimum atomic E-state index is -0.337. The first kappa shape index (κ1) is 15.6. The maximum Gasteiger partial charge on any atom is 0.261 e. The third-order valence-electron chi connectivity index (χ3n) is 3.88. The molecule has 0 radical (unpaired) electrons. The highest BCUT2D eigenvalue weighted by Crippen LogP contribution is 2.31. The lowest BCUT2D eigenvalue weighted by Crippen LogP contribution is -2.37. The largest absolute Gasteiger partial charge is 0.350 e. The molecule has 2 heterocycles. The molecular weight excluding hydrogens is 319 g/mol. The second-order valence-corrected chi connectivity index (χ2v) is 6.44. The maximum atomic E-state index is 13.3. The van der Waals surface area contributed by atoms with Crippen LogP contribution in [0.4, 0.5) is 4.39 Å². The molecule has 3 amide bonds. The fraction of sp³-hybridized carbons (Fsp3) is 0.312. The zero-order valence-electron chi connectivity index (χ0n) is 12.5. The standard InChI is InChI=1S/C16H15FN2O3S/c1-9-11-8-10(17)2-3-12(11)23-15(9)16(22)18-6-7-19-13(20)4-5-14(19)21/h2-3,8H,4-7H2,1H3,(H,18,22). The lowest BCUT2D eigenvalue weighted by atomic mass is 10.1. The van der Waals surface area contributed by atoms with Gasteiger partial charge < -0.3 is 5.32 Å². The van der Waals surface area contributed by atoms with Gasteiger partial charge in [-0.3, -0.25) is 19.3 Å². The van der Waals surface area contributed by atoms with Crippen LogP contribution in [0, 0.1) is 12.7 Å². The van der Waals surface area contributed by atoms with E-state index >= 15 is 0 Å². The molecule has 1 aromatic heterocycles. The van der Waals surface area contributed by atoms with Gasteiger partial charge in [0.2, 0.25) is 11.8 Å². The average molecular weight is 334 g/mol. The molecule has 1 aromatic carbocycles. The minimum Gasteiger partial charge on any atom is -0.350 e. The van der Waals surface area contributed by atoms with Crippen LogP contribution in [0.2, 0.25) is 0 Å². The van der Waals surface area contributed by atoms with Crippen LogP contribution in [0.25, 0.3) is 10.1 Å². The number of aryl methyl sites for hydroxylation is 1. The second-order valence-electron chi connectivity index (χ2n) is 5.39. The molecular formula is C16H15FN2O3S. The van der Waals surface area contributed by atoms with Crippen LogP contribution >= 0.6 is 11.3 Å². The Morgan fingerprint density at radius 2 is 2.00 bits per heavy atom. The molecule has 2 aromatic rings. The number of hydrogen-bond donors (Lipinski definition) is 1. The van der Waals surface area contributed by atoms with E-state index in [-0.39, 0.29) is 49.5 Å². The van der Waals surface area contributed by atoms with Gasteiger partial charge >= 0.3 is 0 Å². The van der Waals surface area contributed by atoms with E-state index in [0.717, 1.165) is 15.6 Å². The summed E-state index contributed by atoms with van der Waals surface area (Å²) in [5.41, 5.74) is 0.732. The molecule has 120 valence electrons. The van der Waals surface area contributed by atoms with Gasteiger partial charge in [0.15, 0.2) is 0 Å². The number of benzene rings is 1. The summed E-state index contributed by atoms with van der Waals surface area (Å²) in [6.07, 6.45) is 0.488. The summed E-state index contributed by atoms with van der Waals surface area (Å²) in [7, 11) is 0. The molecule has 5 nitrogen and oxygen atoms in total. The SMILES string of the molecule is Cc1c(C(=O)NCCN2C(=O)CCC2=O)sc2ccc(F)cc12. The zero-order valence-corrected chi connectivity index (χ0v) is 13.3. The Bertz CT molecular complexity index is 799. The van der Waals surface area contributed by atoms with Gasteiger partial charge in [-0.15, -0.1) is 11.3 Å². The van der Waals surface area contributed by atoms with Crippen molar-refractivity contribution in [3.63, 3.8) is 0 Å². The fourth-order valence-electron chi connectivity index (χ4n) is 2.64. The highest BCUT2D eigenvalue weighted by molar-refractivity contribution is 7.21. The summed E-state index contributed by atoms with van der Waals surface area (Å²) in [5.74, 6) is -1.00. The highest BCUT2D eigenvalue weighted by atomic mass is 32.1. The third kappa shape index (κ3) is 2.96. The van der Waals surface area contributed by atoms with E-state index in [1.165, 1.54) is 28.4 Å². The molecule has 3 rings (SSSR count). The van der Waals surface area contributed by atoms with Crippen LogP contribution < -0.4 is 5.32 Å². The predicted molar refractivity (Wildman–Crippen MR) is 84.8 cm³/mol. The number of imide groups is 1. The Hall–Kier alpha value is -2.28. The van der Waals surface area contributed by atoms with Crippen LogP contribution in [0.5, 0.6) is 0 Å². The van der Waals surface area contributed by atoms with Gasteiger partial charge in [-0.2, -0.15) is 0 Å². The lowest BCUT2D eigenvalue weighted by molar-refractivity contribution is -0.138. The average Bonchev–Trinajstić information content (AvgIpc) is 3.01. The van der Waals surface area contributed by atoms with Crippen LogP contribution in [0.15, 0.2) is 18.2 Å². The predicted octanol–water partition coefficient (Wildman–Crippen LogP) is 2.23. The van der Waals surface area contributed by atoms with E-state index in [0.29, 0.717) is 4.88 Å². The van der Waals surface area contributed by atoms with Crippen molar-refractivity contribution in [2.24, 2.45) is 0 Å². The summed E-state index contributed by atoms with van der Waals surface area (Å²) in [6, 6.07) is 4.44. The Labute approximate surface area is 136 Å². The number of rotatable bonds is 4. The maximum absolute atomic E-state index is 13.3. The van der Waals surface area contributed by atoms with Crippen molar-refractivity contribution in [2.45, 2.75) is 19.8 Å². The highest BCUT2D eigenvalue weighted by Gasteiger charge is 2.28. The molecule has 23 heavy (non-hydrogen) atoms. The van der Waals surface area contributed by atoms with E-state index in [2.05, 4.69) is 5.32 Å². The Balaban J connectivity index is 1.68. The summed E-state index contributed by atoms with van der Waals surface area (Å²) in [5, 5.41) is 3.44. The minimum absolute atomic E-state index is 0.183. The van der Waals surface area contributed by atoms with Gasteiger partial charge in [0.05, 0.1) is 4.88 Å². The Kier molecular flexibility index (Phi) is 4.12. The first-order chi connectivity index (χ1) is 11.0. The number of hydrogen-bond acceptors (Lipinski definition) is 4. The molecule has 0 unspecified atom stereocenters. The van der Waals surface area contributed by atoms with Crippen molar-refractivity contribution in [2.75, 3.05) is 13.1 Å². The molecule has 7 heteroatoms. The van der Waals surface area contributed by atoms with Crippen molar-refractivity contribution in [3.05, 3.63) is 34.5 Å². The molecule has 0 saturated carbocycles. The number of carbonyl (C=O) groups is 3. The first-order valence-corrected chi connectivity index (χ1v) is 8.09. The smallest absolute Gasteiger partial charge is 0.261 e. The molecule has 1 aliphatic rings. The van der Waals surface area contributed by atoms with E-state index < -0.39 is 0 Å². The summed E-state index contributed by atoms with van der Waals surface area (Å²) in [6.45, 7) is 2.17. The van der Waals surface area contributed by atoms with Crippen molar-refractivity contribution < 1.29 is 18.8 Å². The van der Waals surface area contributed by atoms with Crippen LogP contribution in [0.1, 0.15) is 28.1 Å². The van der Waals surface area contributed by atoms with E-state index in [1.54, 1.807) is 13.0 Å². The number of halogens is 1. The number of fused-ring (bicyclic) bond motifs is 1. The Morgan fingerprint density at radius 1 is 1.30 bits per heavy atom. The summed E-state index contributed by atoms with van der Waals surface area (Å²) in [4.78, 5) is 37.0. The monoisotopic (exact) mass is 334 g/mol. The van der Waals surface area contributed by atoms with Crippen molar-refractivity contribution in [3.8, 4) is 0 Å². The molecule has 0 atom stereocenters. The van der Waals surface area contributed by atoms with Crippen LogP contribution in [-0.4, -0.2) is 35.7 Å². The Morgan fingerprint density at radius 3 is 2.70 bits per heavy atom. The van der Waals surface area contributed by atoms with Crippen LogP contribution in [0.3, 0.4) is 0 Å². The first-order valence-electron chi connectivity index (χ1n) is 7.27. The molecule has 1 aliphatic heterocycles. The van der Waals surface area contributed by atoms with Gasteiger partial charge in [-0.1, -0.05) is 0 Å². The number of nitrogens with one attached hydrogen (secondary N) is 1. The van der Waals surface area contributed by atoms with Crippen molar-refractivity contribution in [1.29, 1.82) is 0 Å². The van der Waals surface area contributed by atoms with E-state index in [9.17, 15) is 18.8 Å². The molecule has 1 N–H and O–H groups in total. The summed E-state index contributed by atoms with van der Waals surface area (Å²) >= 11 is 1.30. The van der Waals surface area contributed by atoms with Gasteiger partial charge in [0, 0.05) is 30.6 Å². The van der Waals surface area contributed by atoms with Crippen molar-refractivity contribution in [1.82, 2.24) is 10.2 Å². The quantitative estimate of drug-likeness (QED) is 0.872. The number of amides is 3. The second kappa shape index (κ2) is 6.08. The number of nitrogens with zero attached hydrogens (tertiary/aromatic N) is 1. The summed E-state index contributed by atoms with van der Waals surface area (Å²) < 4.78 is 14.2. The molecule has 1 saturated heterocycles. The number of likely N-dealkylation sites (tertiary alicyclic amines) is 1. The molecule has 1 fully saturated rings. The normalized spacial score (nSPS) is 14.8. The molecule has 0 bridgehead atoms. The zero-order chi connectivity index (χ0) is 16.6. The number of thiophene rings is 1. The molecule has 0 spiro atoms. The van der Waals surface area contributed by atoms with Gasteiger partial charge in [0.25, 0.3) is 5.91 Å². The fourth-order valence-corrected chi connectivity index (χ4v) is 3.75. The van der Waals surface area contributed by atoms with E-state index in [4.69, 9.17) is 0 Å². The van der Waals surface area contributed by atoms with Gasteiger partial charge in [-0.05, 0) is 36.1 Å². The number of carbonyl (C=O) groups excluding carboxylic acids is 3. The van der Waals surface area contributed by atoms with Gasteiger partial charge in [0.1, 0.15) is 5.82 Å². The van der Waals surface area contributed by atoms with Crippen LogP contribution in [-0.2, 0) is 9.59 Å². The lowest BCUT2D eigenvalue weighted by Gasteiger charge is -2.13. The van der Waals surface area contributed by atoms with Crippen molar-refractivity contribution >= 4 is 39.1 Å². The van der Waals surface area contributed by atoms with E-state index in [1.807, 2.05) is 0 Å². The third-order valence-corrected chi connectivity index (χ3v) is 5.15.